The molecular formula is C15H23ClN2. The van der Waals surface area contributed by atoms with Crippen molar-refractivity contribution in [3.05, 3.63) is 28.8 Å². The Morgan fingerprint density at radius 3 is 2.67 bits per heavy atom. The van der Waals surface area contributed by atoms with E-state index >= 15 is 0 Å². The van der Waals surface area contributed by atoms with Crippen molar-refractivity contribution >= 4 is 17.3 Å². The van der Waals surface area contributed by atoms with E-state index in [1.807, 2.05) is 0 Å². The van der Waals surface area contributed by atoms with Gasteiger partial charge in [0.15, 0.2) is 0 Å². The molecule has 1 aromatic rings. The lowest BCUT2D eigenvalue weighted by Gasteiger charge is -2.23. The van der Waals surface area contributed by atoms with Crippen LogP contribution >= 0.6 is 11.6 Å². The molecule has 100 valence electrons. The summed E-state index contributed by atoms with van der Waals surface area (Å²) >= 11 is 6.37. The van der Waals surface area contributed by atoms with E-state index < -0.39 is 0 Å². The van der Waals surface area contributed by atoms with Crippen molar-refractivity contribution in [2.24, 2.45) is 0 Å². The Labute approximate surface area is 115 Å². The Morgan fingerprint density at radius 2 is 2.11 bits per heavy atom. The van der Waals surface area contributed by atoms with Crippen LogP contribution in [0.2, 0.25) is 5.02 Å². The van der Waals surface area contributed by atoms with E-state index in [2.05, 4.69) is 42.3 Å². The molecule has 0 bridgehead atoms. The molecule has 1 N–H and O–H groups in total. The van der Waals surface area contributed by atoms with Gasteiger partial charge in [-0.2, -0.15) is 0 Å². The summed E-state index contributed by atoms with van der Waals surface area (Å²) in [4.78, 5) is 2.37. The van der Waals surface area contributed by atoms with Crippen LogP contribution in [0.15, 0.2) is 18.2 Å². The standard InChI is InChI=1S/C15H23ClN2/c1-3-9-18(4-2)14-8-5-12(15(16)10-14)11-17-13-6-7-13/h5,8,10,13,17H,3-4,6-7,9,11H2,1-2H3. The van der Waals surface area contributed by atoms with Gasteiger partial charge in [-0.1, -0.05) is 24.6 Å². The second kappa shape index (κ2) is 6.44. The number of nitrogens with one attached hydrogen (secondary N) is 1. The molecule has 3 heteroatoms. The lowest BCUT2D eigenvalue weighted by Crippen LogP contribution is -2.23. The van der Waals surface area contributed by atoms with Crippen molar-refractivity contribution in [3.63, 3.8) is 0 Å². The molecule has 1 saturated carbocycles. The predicted molar refractivity (Wildman–Crippen MR) is 79.5 cm³/mol. The van der Waals surface area contributed by atoms with E-state index in [1.54, 1.807) is 0 Å². The SMILES string of the molecule is CCCN(CC)c1ccc(CNC2CC2)c(Cl)c1. The highest BCUT2D eigenvalue weighted by molar-refractivity contribution is 6.31. The lowest BCUT2D eigenvalue weighted by molar-refractivity contribution is 0.687. The number of hydrogen-bond acceptors (Lipinski definition) is 2. The molecule has 2 rings (SSSR count). The van der Waals surface area contributed by atoms with Crippen LogP contribution < -0.4 is 10.2 Å². The van der Waals surface area contributed by atoms with Gasteiger partial charge in [0.2, 0.25) is 0 Å². The van der Waals surface area contributed by atoms with E-state index in [1.165, 1.54) is 24.1 Å². The molecule has 0 amide bonds. The highest BCUT2D eigenvalue weighted by Crippen LogP contribution is 2.25. The Balaban J connectivity index is 2.02. The van der Waals surface area contributed by atoms with Gasteiger partial charge in [-0.05, 0) is 43.9 Å². The van der Waals surface area contributed by atoms with Crippen molar-refractivity contribution in [2.75, 3.05) is 18.0 Å². The number of hydrogen-bond donors (Lipinski definition) is 1. The summed E-state index contributed by atoms with van der Waals surface area (Å²) in [6, 6.07) is 7.18. The fourth-order valence-corrected chi connectivity index (χ4v) is 2.40. The minimum atomic E-state index is 0.730. The van der Waals surface area contributed by atoms with Crippen LogP contribution in [-0.2, 0) is 6.54 Å². The summed E-state index contributed by atoms with van der Waals surface area (Å²) in [7, 11) is 0. The van der Waals surface area contributed by atoms with Crippen LogP contribution in [-0.4, -0.2) is 19.1 Å². The summed E-state index contributed by atoms with van der Waals surface area (Å²) < 4.78 is 0. The Morgan fingerprint density at radius 1 is 1.33 bits per heavy atom. The molecule has 0 heterocycles. The average Bonchev–Trinajstić information content (AvgIpc) is 3.18. The Bertz CT molecular complexity index is 388. The largest absolute Gasteiger partial charge is 0.372 e. The van der Waals surface area contributed by atoms with E-state index in [0.717, 1.165) is 37.1 Å². The molecule has 18 heavy (non-hydrogen) atoms. The summed E-state index contributed by atoms with van der Waals surface area (Å²) in [5.41, 5.74) is 2.44. The van der Waals surface area contributed by atoms with Crippen LogP contribution in [0.25, 0.3) is 0 Å². The van der Waals surface area contributed by atoms with Gasteiger partial charge in [-0.25, -0.2) is 0 Å². The summed E-state index contributed by atoms with van der Waals surface area (Å²) in [6.07, 6.45) is 3.79. The van der Waals surface area contributed by atoms with Crippen LogP contribution in [0.1, 0.15) is 38.7 Å². The first-order chi connectivity index (χ1) is 8.74. The van der Waals surface area contributed by atoms with Gasteiger partial charge in [0.25, 0.3) is 0 Å². The second-order valence-electron chi connectivity index (χ2n) is 5.01. The first-order valence-electron chi connectivity index (χ1n) is 7.01. The molecule has 1 aromatic carbocycles. The van der Waals surface area contributed by atoms with E-state index in [-0.39, 0.29) is 0 Å². The molecule has 0 saturated heterocycles. The third-order valence-corrected chi connectivity index (χ3v) is 3.79. The molecule has 0 radical (unpaired) electrons. The van der Waals surface area contributed by atoms with Gasteiger partial charge in [0.05, 0.1) is 0 Å². The van der Waals surface area contributed by atoms with Gasteiger partial charge in [-0.15, -0.1) is 0 Å². The maximum absolute atomic E-state index is 6.37. The van der Waals surface area contributed by atoms with E-state index in [0.29, 0.717) is 0 Å². The molecule has 1 aliphatic rings. The third-order valence-electron chi connectivity index (χ3n) is 3.44. The number of benzene rings is 1. The number of halogens is 1. The van der Waals surface area contributed by atoms with Gasteiger partial charge in [0, 0.05) is 36.4 Å². The lowest BCUT2D eigenvalue weighted by atomic mass is 10.2. The zero-order valence-corrected chi connectivity index (χ0v) is 12.1. The highest BCUT2D eigenvalue weighted by Gasteiger charge is 2.20. The summed E-state index contributed by atoms with van der Waals surface area (Å²) in [6.45, 7) is 7.41. The number of nitrogens with zero attached hydrogens (tertiary/aromatic N) is 1. The van der Waals surface area contributed by atoms with Crippen LogP contribution in [0.4, 0.5) is 5.69 Å². The van der Waals surface area contributed by atoms with Gasteiger partial charge in [0.1, 0.15) is 0 Å². The van der Waals surface area contributed by atoms with Crippen molar-refractivity contribution in [1.82, 2.24) is 5.32 Å². The molecule has 0 aliphatic heterocycles. The zero-order valence-electron chi connectivity index (χ0n) is 11.4. The molecule has 2 nitrogen and oxygen atoms in total. The van der Waals surface area contributed by atoms with E-state index in [9.17, 15) is 0 Å². The van der Waals surface area contributed by atoms with Crippen molar-refractivity contribution in [3.8, 4) is 0 Å². The monoisotopic (exact) mass is 266 g/mol. The fraction of sp³-hybridized carbons (Fsp3) is 0.600. The van der Waals surface area contributed by atoms with Crippen LogP contribution in [0, 0.1) is 0 Å². The van der Waals surface area contributed by atoms with Gasteiger partial charge in [-0.3, -0.25) is 0 Å². The van der Waals surface area contributed by atoms with Crippen molar-refractivity contribution in [1.29, 1.82) is 0 Å². The number of anilines is 1. The second-order valence-corrected chi connectivity index (χ2v) is 5.42. The summed E-state index contributed by atoms with van der Waals surface area (Å²) in [5, 5.41) is 4.39. The molecule has 0 spiro atoms. The molecule has 0 atom stereocenters. The van der Waals surface area contributed by atoms with Crippen molar-refractivity contribution in [2.45, 2.75) is 45.7 Å². The minimum Gasteiger partial charge on any atom is -0.372 e. The summed E-state index contributed by atoms with van der Waals surface area (Å²) in [5.74, 6) is 0. The number of rotatable bonds is 7. The van der Waals surface area contributed by atoms with Crippen molar-refractivity contribution < 1.29 is 0 Å². The normalized spacial score (nSPS) is 14.8. The van der Waals surface area contributed by atoms with Crippen LogP contribution in [0.3, 0.4) is 0 Å². The molecule has 0 aromatic heterocycles. The van der Waals surface area contributed by atoms with Gasteiger partial charge < -0.3 is 10.2 Å². The van der Waals surface area contributed by atoms with Crippen LogP contribution in [0.5, 0.6) is 0 Å². The zero-order chi connectivity index (χ0) is 13.0. The quantitative estimate of drug-likeness (QED) is 0.807. The fourth-order valence-electron chi connectivity index (χ4n) is 2.16. The smallest absolute Gasteiger partial charge is 0.0471 e. The highest BCUT2D eigenvalue weighted by atomic mass is 35.5. The minimum absolute atomic E-state index is 0.730. The Kier molecular flexibility index (Phi) is 4.90. The third kappa shape index (κ3) is 3.63. The molecule has 1 aliphatic carbocycles. The van der Waals surface area contributed by atoms with Gasteiger partial charge >= 0.3 is 0 Å². The molecular weight excluding hydrogens is 244 g/mol. The van der Waals surface area contributed by atoms with E-state index in [4.69, 9.17) is 11.6 Å². The first-order valence-corrected chi connectivity index (χ1v) is 7.39. The maximum atomic E-state index is 6.37. The topological polar surface area (TPSA) is 15.3 Å². The Hall–Kier alpha value is -0.730. The maximum Gasteiger partial charge on any atom is 0.0471 e. The molecule has 0 unspecified atom stereocenters. The average molecular weight is 267 g/mol. The predicted octanol–water partition coefficient (Wildman–Crippen LogP) is 3.83. The first kappa shape index (κ1) is 13.7. The molecule has 1 fully saturated rings.